The lowest BCUT2D eigenvalue weighted by Gasteiger charge is -2.54. The normalized spacial score (nSPS) is 23.6. The fourth-order valence-electron chi connectivity index (χ4n) is 10.4. The van der Waals surface area contributed by atoms with E-state index in [4.69, 9.17) is 15.0 Å². The molecule has 3 aliphatic rings. The molecule has 3 nitrogen and oxygen atoms in total. The van der Waals surface area contributed by atoms with Gasteiger partial charge in [-0.25, -0.2) is 15.0 Å². The van der Waals surface area contributed by atoms with Gasteiger partial charge < -0.3 is 0 Å². The molecule has 0 saturated heterocycles. The highest BCUT2D eigenvalue weighted by atomic mass is 15.0. The molecular weight excluding hydrogens is 607 g/mol. The summed E-state index contributed by atoms with van der Waals surface area (Å²) >= 11 is 0. The molecule has 0 amide bonds. The van der Waals surface area contributed by atoms with Gasteiger partial charge in [-0.05, 0) is 123 Å². The van der Waals surface area contributed by atoms with E-state index >= 15 is 0 Å². The first-order valence-electron chi connectivity index (χ1n) is 18.6. The topological polar surface area (TPSA) is 38.7 Å². The largest absolute Gasteiger partial charge is 0.208 e. The Bertz CT molecular complexity index is 2360. The monoisotopic (exact) mass is 647 g/mol. The van der Waals surface area contributed by atoms with Crippen molar-refractivity contribution in [3.05, 3.63) is 139 Å². The van der Waals surface area contributed by atoms with Crippen molar-refractivity contribution in [2.75, 3.05) is 0 Å². The number of aromatic nitrogens is 3. The van der Waals surface area contributed by atoms with Crippen LogP contribution in [0.4, 0.5) is 0 Å². The van der Waals surface area contributed by atoms with Crippen molar-refractivity contribution >= 4 is 21.5 Å². The van der Waals surface area contributed by atoms with Crippen LogP contribution in [-0.2, 0) is 5.41 Å². The van der Waals surface area contributed by atoms with Crippen molar-refractivity contribution in [3.63, 3.8) is 0 Å². The average molecular weight is 648 g/mol. The smallest absolute Gasteiger partial charge is 0.164 e. The fourth-order valence-corrected chi connectivity index (χ4v) is 10.4. The summed E-state index contributed by atoms with van der Waals surface area (Å²) in [6.45, 7) is 4.98. The van der Waals surface area contributed by atoms with Crippen LogP contribution in [0.25, 0.3) is 66.8 Å². The molecule has 7 aromatic rings. The molecule has 2 bridgehead atoms. The molecule has 6 aromatic carbocycles. The fraction of sp³-hybridized carbons (Fsp3) is 0.255. The number of rotatable bonds is 4. The van der Waals surface area contributed by atoms with Gasteiger partial charge in [-0.1, -0.05) is 117 Å². The third kappa shape index (κ3) is 4.52. The first kappa shape index (κ1) is 29.7. The maximum Gasteiger partial charge on any atom is 0.164 e. The van der Waals surface area contributed by atoms with Crippen molar-refractivity contribution in [2.45, 2.75) is 51.4 Å². The highest BCUT2D eigenvalue weighted by Crippen LogP contribution is 2.65. The van der Waals surface area contributed by atoms with Gasteiger partial charge in [-0.15, -0.1) is 0 Å². The van der Waals surface area contributed by atoms with E-state index in [1.165, 1.54) is 64.8 Å². The van der Waals surface area contributed by atoms with Crippen LogP contribution in [0.1, 0.15) is 57.1 Å². The molecule has 1 heterocycles. The van der Waals surface area contributed by atoms with Gasteiger partial charge in [-0.2, -0.15) is 0 Å². The molecule has 5 atom stereocenters. The first-order valence-corrected chi connectivity index (χ1v) is 18.6. The molecule has 3 heteroatoms. The Morgan fingerprint density at radius 1 is 0.520 bits per heavy atom. The minimum absolute atomic E-state index is 0.0252. The molecule has 5 unspecified atom stereocenters. The zero-order valence-electron chi connectivity index (χ0n) is 28.8. The predicted molar refractivity (Wildman–Crippen MR) is 206 cm³/mol. The lowest BCUT2D eigenvalue weighted by molar-refractivity contribution is 0.0369. The lowest BCUT2D eigenvalue weighted by Crippen LogP contribution is -2.49. The highest BCUT2D eigenvalue weighted by Gasteiger charge is 2.56. The Morgan fingerprint density at radius 2 is 1.06 bits per heavy atom. The number of hydrogen-bond acceptors (Lipinski definition) is 3. The van der Waals surface area contributed by atoms with Crippen LogP contribution in [0.5, 0.6) is 0 Å². The molecule has 1 spiro atoms. The summed E-state index contributed by atoms with van der Waals surface area (Å²) in [5.41, 5.74) is 9.03. The van der Waals surface area contributed by atoms with Crippen LogP contribution >= 0.6 is 0 Å². The third-order valence-corrected chi connectivity index (χ3v) is 12.6. The summed E-state index contributed by atoms with van der Waals surface area (Å²) in [5, 5.41) is 5.22. The van der Waals surface area contributed by atoms with Gasteiger partial charge in [0, 0.05) is 22.1 Å². The Hall–Kier alpha value is -5.15. The molecular formula is C47H41N3. The Morgan fingerprint density at radius 3 is 1.68 bits per heavy atom. The number of fused-ring (bicyclic) bond motifs is 10. The second-order valence-corrected chi connectivity index (χ2v) is 15.3. The molecule has 0 radical (unpaired) electrons. The Kier molecular flexibility index (Phi) is 6.81. The molecule has 0 aliphatic heterocycles. The lowest BCUT2D eigenvalue weighted by atomic mass is 9.49. The second kappa shape index (κ2) is 11.5. The standard InChI is InChI=1S/C47H41N3/c1-3-30-21-31-20-29(2)47(39(22-30)23-31)42-27-35-17-11-10-16-34(35)25-40(42)41-26-36-18-19-37(24-38(36)28-43(41)47)46-49-44(32-12-6-4-7-13-32)48-45(50-46)33-14-8-5-9-15-33/h4-19,24-31,39H,3,20-23H2,1-2H3. The molecule has 2 saturated carbocycles. The molecule has 244 valence electrons. The molecule has 50 heavy (non-hydrogen) atoms. The predicted octanol–water partition coefficient (Wildman–Crippen LogP) is 11.9. The van der Waals surface area contributed by atoms with Gasteiger partial charge in [-0.3, -0.25) is 0 Å². The van der Waals surface area contributed by atoms with Gasteiger partial charge in [0.25, 0.3) is 0 Å². The maximum atomic E-state index is 5.07. The number of nitrogens with zero attached hydrogens (tertiary/aromatic N) is 3. The van der Waals surface area contributed by atoms with Crippen molar-refractivity contribution in [2.24, 2.45) is 23.7 Å². The zero-order valence-corrected chi connectivity index (χ0v) is 28.8. The molecule has 3 aliphatic carbocycles. The van der Waals surface area contributed by atoms with Crippen molar-refractivity contribution in [1.29, 1.82) is 0 Å². The van der Waals surface area contributed by atoms with E-state index in [-0.39, 0.29) is 5.41 Å². The van der Waals surface area contributed by atoms with E-state index < -0.39 is 0 Å². The number of hydrogen-bond donors (Lipinski definition) is 0. The SMILES string of the molecule is CCC1CC2CC(C)C3(c4cc5ccccc5cc4-c4cc5ccc(-c6nc(-c7ccccc7)nc(-c7ccccc7)n6)cc5cc43)C(C1)C2. The minimum Gasteiger partial charge on any atom is -0.208 e. The maximum absolute atomic E-state index is 5.07. The summed E-state index contributed by atoms with van der Waals surface area (Å²) in [6.07, 6.45) is 6.69. The van der Waals surface area contributed by atoms with E-state index in [1.54, 1.807) is 11.1 Å². The van der Waals surface area contributed by atoms with Gasteiger partial charge in [0.1, 0.15) is 0 Å². The van der Waals surface area contributed by atoms with E-state index in [2.05, 4.69) is 105 Å². The van der Waals surface area contributed by atoms with Crippen LogP contribution in [0.2, 0.25) is 0 Å². The van der Waals surface area contributed by atoms with Gasteiger partial charge >= 0.3 is 0 Å². The molecule has 10 rings (SSSR count). The third-order valence-electron chi connectivity index (χ3n) is 12.6. The van der Waals surface area contributed by atoms with E-state index in [1.807, 2.05) is 36.4 Å². The van der Waals surface area contributed by atoms with Crippen molar-refractivity contribution < 1.29 is 0 Å². The van der Waals surface area contributed by atoms with E-state index in [9.17, 15) is 0 Å². The summed E-state index contributed by atoms with van der Waals surface area (Å²) in [4.78, 5) is 15.1. The average Bonchev–Trinajstić information content (AvgIpc) is 3.44. The summed E-state index contributed by atoms with van der Waals surface area (Å²) < 4.78 is 0. The van der Waals surface area contributed by atoms with Crippen LogP contribution in [0.15, 0.2) is 127 Å². The Labute approximate surface area is 294 Å². The first-order chi connectivity index (χ1) is 24.6. The van der Waals surface area contributed by atoms with Gasteiger partial charge in [0.15, 0.2) is 17.5 Å². The van der Waals surface area contributed by atoms with Gasteiger partial charge in [0.2, 0.25) is 0 Å². The van der Waals surface area contributed by atoms with E-state index in [0.29, 0.717) is 29.3 Å². The quantitative estimate of drug-likeness (QED) is 0.191. The second-order valence-electron chi connectivity index (χ2n) is 15.3. The van der Waals surface area contributed by atoms with Crippen LogP contribution in [0.3, 0.4) is 0 Å². The Balaban J connectivity index is 1.18. The van der Waals surface area contributed by atoms with Crippen LogP contribution in [0, 0.1) is 23.7 Å². The summed E-state index contributed by atoms with van der Waals surface area (Å²) in [5.74, 6) is 5.00. The molecule has 0 N–H and O–H groups in total. The highest BCUT2D eigenvalue weighted by molar-refractivity contribution is 5.99. The molecule has 1 aromatic heterocycles. The van der Waals surface area contributed by atoms with Gasteiger partial charge in [0.05, 0.1) is 0 Å². The van der Waals surface area contributed by atoms with E-state index in [0.717, 1.165) is 28.5 Å². The number of benzene rings is 6. The van der Waals surface area contributed by atoms with Crippen molar-refractivity contribution in [1.82, 2.24) is 15.0 Å². The summed E-state index contributed by atoms with van der Waals surface area (Å²) in [6, 6.07) is 46.4. The minimum atomic E-state index is 0.0252. The zero-order chi connectivity index (χ0) is 33.4. The summed E-state index contributed by atoms with van der Waals surface area (Å²) in [7, 11) is 0. The van der Waals surface area contributed by atoms with Crippen molar-refractivity contribution in [3.8, 4) is 45.3 Å². The molecule has 2 fully saturated rings. The van der Waals surface area contributed by atoms with Crippen LogP contribution < -0.4 is 0 Å². The van der Waals surface area contributed by atoms with Crippen LogP contribution in [-0.4, -0.2) is 15.0 Å².